The fourth-order valence-corrected chi connectivity index (χ4v) is 4.08. The van der Waals surface area contributed by atoms with E-state index in [1.807, 2.05) is 17.0 Å². The summed E-state index contributed by atoms with van der Waals surface area (Å²) in [4.78, 5) is 26.0. The number of methoxy groups -OCH3 is 1. The van der Waals surface area contributed by atoms with Gasteiger partial charge in [0.2, 0.25) is 0 Å². The summed E-state index contributed by atoms with van der Waals surface area (Å²) < 4.78 is 4.70. The van der Waals surface area contributed by atoms with Gasteiger partial charge in [0.05, 0.1) is 7.11 Å². The lowest BCUT2D eigenvalue weighted by Gasteiger charge is -2.32. The van der Waals surface area contributed by atoms with E-state index in [0.717, 1.165) is 51.0 Å². The Labute approximate surface area is 168 Å². The molecule has 0 unspecified atom stereocenters. The molecule has 1 aromatic carbocycles. The quantitative estimate of drug-likeness (QED) is 0.778. The van der Waals surface area contributed by atoms with Crippen LogP contribution in [0.1, 0.15) is 60.4 Å². The van der Waals surface area contributed by atoms with E-state index in [9.17, 15) is 9.59 Å². The van der Waals surface area contributed by atoms with E-state index < -0.39 is 0 Å². The SMILES string of the molecule is COC(=O)CCC1CCN(C(=O)c2ccc(C3CCNCC3)cc2)CC1.Cl. The van der Waals surface area contributed by atoms with Crippen molar-refractivity contribution in [2.75, 3.05) is 33.3 Å². The molecule has 0 atom stereocenters. The van der Waals surface area contributed by atoms with Crippen molar-refractivity contribution >= 4 is 24.3 Å². The third-order valence-electron chi connectivity index (χ3n) is 5.85. The molecule has 1 aromatic rings. The van der Waals surface area contributed by atoms with Gasteiger partial charge in [-0.3, -0.25) is 9.59 Å². The Hall–Kier alpha value is -1.59. The molecule has 1 N–H and O–H groups in total. The number of nitrogens with zero attached hydrogens (tertiary/aromatic N) is 1. The van der Waals surface area contributed by atoms with Gasteiger partial charge in [-0.2, -0.15) is 0 Å². The summed E-state index contributed by atoms with van der Waals surface area (Å²) in [5.74, 6) is 1.12. The molecular weight excluding hydrogens is 364 g/mol. The summed E-state index contributed by atoms with van der Waals surface area (Å²) in [6.07, 6.45) is 5.62. The largest absolute Gasteiger partial charge is 0.469 e. The molecule has 5 nitrogen and oxygen atoms in total. The van der Waals surface area contributed by atoms with E-state index in [1.165, 1.54) is 25.5 Å². The summed E-state index contributed by atoms with van der Waals surface area (Å²) in [6, 6.07) is 8.24. The average Bonchev–Trinajstić information content (AvgIpc) is 2.72. The number of rotatable bonds is 5. The van der Waals surface area contributed by atoms with Crippen LogP contribution >= 0.6 is 12.4 Å². The van der Waals surface area contributed by atoms with Crippen LogP contribution in [0.3, 0.4) is 0 Å². The third kappa shape index (κ3) is 5.94. The molecule has 0 spiro atoms. The van der Waals surface area contributed by atoms with Gasteiger partial charge in [-0.25, -0.2) is 0 Å². The predicted molar refractivity (Wildman–Crippen MR) is 108 cm³/mol. The van der Waals surface area contributed by atoms with Crippen molar-refractivity contribution in [3.05, 3.63) is 35.4 Å². The van der Waals surface area contributed by atoms with Gasteiger partial charge in [0, 0.05) is 25.1 Å². The highest BCUT2D eigenvalue weighted by atomic mass is 35.5. The van der Waals surface area contributed by atoms with E-state index >= 15 is 0 Å². The maximum Gasteiger partial charge on any atom is 0.305 e. The fourth-order valence-electron chi connectivity index (χ4n) is 4.08. The highest BCUT2D eigenvalue weighted by Crippen LogP contribution is 2.26. The standard InChI is InChI=1S/C21H30N2O3.ClH/c1-26-20(24)7-2-16-10-14-23(15-11-16)21(25)19-5-3-17(4-6-19)18-8-12-22-13-9-18;/h3-6,16,18,22H,2,7-15H2,1H3;1H. The van der Waals surface area contributed by atoms with Crippen LogP contribution < -0.4 is 5.32 Å². The molecule has 6 heteroatoms. The van der Waals surface area contributed by atoms with Gasteiger partial charge >= 0.3 is 5.97 Å². The first-order valence-corrected chi connectivity index (χ1v) is 9.84. The number of amides is 1. The summed E-state index contributed by atoms with van der Waals surface area (Å²) in [5, 5.41) is 3.39. The van der Waals surface area contributed by atoms with Gasteiger partial charge in [0.25, 0.3) is 5.91 Å². The number of halogens is 1. The molecule has 0 radical (unpaired) electrons. The molecule has 2 fully saturated rings. The molecule has 1 amide bonds. The number of esters is 1. The number of likely N-dealkylation sites (tertiary alicyclic amines) is 1. The van der Waals surface area contributed by atoms with Crippen molar-refractivity contribution in [1.82, 2.24) is 10.2 Å². The second kappa shape index (κ2) is 10.7. The van der Waals surface area contributed by atoms with E-state index in [-0.39, 0.29) is 24.3 Å². The van der Waals surface area contributed by atoms with Gasteiger partial charge in [0.15, 0.2) is 0 Å². The van der Waals surface area contributed by atoms with E-state index in [2.05, 4.69) is 17.4 Å². The average molecular weight is 395 g/mol. The molecule has 3 rings (SSSR count). The van der Waals surface area contributed by atoms with Crippen LogP contribution in [0.5, 0.6) is 0 Å². The van der Waals surface area contributed by atoms with Crippen LogP contribution in [0.2, 0.25) is 0 Å². The number of piperidine rings is 2. The number of carbonyl (C=O) groups excluding carboxylic acids is 2. The molecule has 0 bridgehead atoms. The highest BCUT2D eigenvalue weighted by Gasteiger charge is 2.24. The zero-order valence-corrected chi connectivity index (χ0v) is 16.9. The van der Waals surface area contributed by atoms with Crippen LogP contribution in [-0.4, -0.2) is 50.1 Å². The summed E-state index contributed by atoms with van der Waals surface area (Å²) in [6.45, 7) is 3.72. The second-order valence-corrected chi connectivity index (χ2v) is 7.50. The van der Waals surface area contributed by atoms with Gasteiger partial charge in [0.1, 0.15) is 0 Å². The van der Waals surface area contributed by atoms with Gasteiger partial charge < -0.3 is 15.0 Å². The monoisotopic (exact) mass is 394 g/mol. The zero-order valence-electron chi connectivity index (χ0n) is 16.1. The molecule has 0 saturated carbocycles. The summed E-state index contributed by atoms with van der Waals surface area (Å²) in [7, 11) is 1.43. The van der Waals surface area contributed by atoms with E-state index in [1.54, 1.807) is 0 Å². The molecule has 2 aliphatic heterocycles. The number of benzene rings is 1. The first-order chi connectivity index (χ1) is 12.7. The first kappa shape index (κ1) is 21.7. The minimum absolute atomic E-state index is 0. The molecule has 2 heterocycles. The smallest absolute Gasteiger partial charge is 0.305 e. The molecule has 0 aliphatic carbocycles. The molecule has 27 heavy (non-hydrogen) atoms. The fraction of sp³-hybridized carbons (Fsp3) is 0.619. The zero-order chi connectivity index (χ0) is 18.4. The minimum Gasteiger partial charge on any atom is -0.469 e. The Balaban J connectivity index is 0.00000261. The lowest BCUT2D eigenvalue weighted by molar-refractivity contribution is -0.141. The Morgan fingerprint density at radius 3 is 2.30 bits per heavy atom. The van der Waals surface area contributed by atoms with Crippen LogP contribution in [-0.2, 0) is 9.53 Å². The molecule has 2 saturated heterocycles. The van der Waals surface area contributed by atoms with Crippen molar-refractivity contribution in [3.63, 3.8) is 0 Å². The van der Waals surface area contributed by atoms with Crippen LogP contribution in [0.4, 0.5) is 0 Å². The van der Waals surface area contributed by atoms with Crippen molar-refractivity contribution in [3.8, 4) is 0 Å². The van der Waals surface area contributed by atoms with Crippen molar-refractivity contribution in [1.29, 1.82) is 0 Å². The lowest BCUT2D eigenvalue weighted by Crippen LogP contribution is -2.38. The summed E-state index contributed by atoms with van der Waals surface area (Å²) in [5.41, 5.74) is 2.14. The van der Waals surface area contributed by atoms with E-state index in [4.69, 9.17) is 4.74 Å². The van der Waals surface area contributed by atoms with Gasteiger partial charge in [-0.05, 0) is 74.7 Å². The van der Waals surface area contributed by atoms with Gasteiger partial charge in [-0.1, -0.05) is 12.1 Å². The van der Waals surface area contributed by atoms with Crippen molar-refractivity contribution in [2.45, 2.75) is 44.4 Å². The first-order valence-electron chi connectivity index (χ1n) is 9.84. The third-order valence-corrected chi connectivity index (χ3v) is 5.85. The highest BCUT2D eigenvalue weighted by molar-refractivity contribution is 5.94. The minimum atomic E-state index is -0.141. The maximum absolute atomic E-state index is 12.7. The summed E-state index contributed by atoms with van der Waals surface area (Å²) >= 11 is 0. The topological polar surface area (TPSA) is 58.6 Å². The molecule has 0 aromatic heterocycles. The normalized spacial score (nSPS) is 18.6. The van der Waals surface area contributed by atoms with Crippen LogP contribution in [0, 0.1) is 5.92 Å². The Morgan fingerprint density at radius 1 is 1.07 bits per heavy atom. The number of hydrogen-bond acceptors (Lipinski definition) is 4. The Bertz CT molecular complexity index is 606. The molecular formula is C21H31ClN2O3. The van der Waals surface area contributed by atoms with Crippen molar-refractivity contribution < 1.29 is 14.3 Å². The van der Waals surface area contributed by atoms with Gasteiger partial charge in [-0.15, -0.1) is 12.4 Å². The lowest BCUT2D eigenvalue weighted by atomic mass is 9.89. The molecule has 150 valence electrons. The second-order valence-electron chi connectivity index (χ2n) is 7.50. The Morgan fingerprint density at radius 2 is 1.70 bits per heavy atom. The number of ether oxygens (including phenoxy) is 1. The van der Waals surface area contributed by atoms with Crippen LogP contribution in [0.25, 0.3) is 0 Å². The maximum atomic E-state index is 12.7. The Kier molecular flexibility index (Phi) is 8.58. The van der Waals surface area contributed by atoms with Crippen molar-refractivity contribution in [2.24, 2.45) is 5.92 Å². The van der Waals surface area contributed by atoms with Crippen LogP contribution in [0.15, 0.2) is 24.3 Å². The predicted octanol–water partition coefficient (Wildman–Crippen LogP) is 3.38. The number of nitrogens with one attached hydrogen (secondary N) is 1. The number of hydrogen-bond donors (Lipinski definition) is 1. The van der Waals surface area contributed by atoms with E-state index in [0.29, 0.717) is 18.3 Å². The molecule has 2 aliphatic rings. The number of carbonyl (C=O) groups is 2.